The Morgan fingerprint density at radius 1 is 1.47 bits per heavy atom. The monoisotopic (exact) mass is 268 g/mol. The van der Waals surface area contributed by atoms with Crippen LogP contribution in [0.1, 0.15) is 19.4 Å². The Balaban J connectivity index is 2.04. The molecule has 1 aromatic carbocycles. The van der Waals surface area contributed by atoms with Crippen molar-refractivity contribution >= 4 is 6.08 Å². The number of rotatable bonds is 3. The van der Waals surface area contributed by atoms with Crippen LogP contribution in [0, 0.1) is 5.82 Å². The van der Waals surface area contributed by atoms with Crippen LogP contribution in [0.4, 0.5) is 4.39 Å². The van der Waals surface area contributed by atoms with E-state index < -0.39 is 23.8 Å². The van der Waals surface area contributed by atoms with Crippen molar-refractivity contribution in [2.24, 2.45) is 0 Å². The molecule has 0 saturated carbocycles. The largest absolute Gasteiger partial charge is 0.507 e. The fraction of sp³-hybridized carbons (Fsp3) is 0.429. The van der Waals surface area contributed by atoms with E-state index in [9.17, 15) is 14.6 Å². The number of aliphatic hydroxyl groups excluding tert-OH is 1. The van der Waals surface area contributed by atoms with Gasteiger partial charge in [-0.15, -0.1) is 0 Å². The smallest absolute Gasteiger partial charge is 0.163 e. The lowest BCUT2D eigenvalue weighted by molar-refractivity contribution is -0.147. The average Bonchev–Trinajstić information content (AvgIpc) is 2.70. The predicted molar refractivity (Wildman–Crippen MR) is 68.0 cm³/mol. The Kier molecular flexibility index (Phi) is 3.89. The van der Waals surface area contributed by atoms with Gasteiger partial charge in [0.15, 0.2) is 5.79 Å². The third kappa shape index (κ3) is 3.53. The van der Waals surface area contributed by atoms with E-state index in [4.69, 9.17) is 9.47 Å². The van der Waals surface area contributed by atoms with Gasteiger partial charge < -0.3 is 19.7 Å². The molecule has 4 nitrogen and oxygen atoms in total. The second-order valence-corrected chi connectivity index (χ2v) is 4.92. The van der Waals surface area contributed by atoms with E-state index in [1.54, 1.807) is 13.8 Å². The van der Waals surface area contributed by atoms with Crippen molar-refractivity contribution in [1.82, 2.24) is 0 Å². The maximum absolute atomic E-state index is 13.0. The Bertz CT molecular complexity index is 484. The van der Waals surface area contributed by atoms with Gasteiger partial charge in [0, 0.05) is 5.56 Å². The van der Waals surface area contributed by atoms with Crippen LogP contribution in [-0.2, 0) is 9.47 Å². The molecule has 0 bridgehead atoms. The molecule has 104 valence electrons. The van der Waals surface area contributed by atoms with E-state index >= 15 is 0 Å². The maximum atomic E-state index is 13.0. The van der Waals surface area contributed by atoms with Gasteiger partial charge in [-0.3, -0.25) is 0 Å². The molecule has 2 rings (SSSR count). The zero-order chi connectivity index (χ0) is 14.0. The summed E-state index contributed by atoms with van der Waals surface area (Å²) in [5.41, 5.74) is 0.303. The molecule has 19 heavy (non-hydrogen) atoms. The molecule has 1 aliphatic heterocycles. The fourth-order valence-corrected chi connectivity index (χ4v) is 1.87. The minimum Gasteiger partial charge on any atom is -0.507 e. The molecule has 1 heterocycles. The van der Waals surface area contributed by atoms with Gasteiger partial charge in [-0.1, -0.05) is 12.2 Å². The minimum atomic E-state index is -0.885. The first-order valence-electron chi connectivity index (χ1n) is 6.04. The van der Waals surface area contributed by atoms with E-state index in [1.165, 1.54) is 30.4 Å². The standard InChI is InChI=1S/C14H17FO4/c1-14(2)18-8-13(19-14)12(17)5-3-9-7-10(15)4-6-11(9)16/h3-7,12-13,16-17H,8H2,1-2H3/b5-3+/t12-,13-/m0/s1. The zero-order valence-corrected chi connectivity index (χ0v) is 10.8. The molecule has 0 spiro atoms. The second kappa shape index (κ2) is 5.28. The van der Waals surface area contributed by atoms with Crippen molar-refractivity contribution in [2.45, 2.75) is 31.8 Å². The SMILES string of the molecule is CC1(C)OC[C@@H]([C@@H](O)/C=C/c2cc(F)ccc2O)O1. The number of phenols is 1. The van der Waals surface area contributed by atoms with Crippen molar-refractivity contribution in [2.75, 3.05) is 6.61 Å². The van der Waals surface area contributed by atoms with E-state index in [2.05, 4.69) is 0 Å². The quantitative estimate of drug-likeness (QED) is 0.881. The number of ether oxygens (including phenoxy) is 2. The summed E-state index contributed by atoms with van der Waals surface area (Å²) in [5, 5.41) is 19.5. The Hall–Kier alpha value is -1.43. The molecule has 2 atom stereocenters. The van der Waals surface area contributed by atoms with Gasteiger partial charge >= 0.3 is 0 Å². The topological polar surface area (TPSA) is 58.9 Å². The highest BCUT2D eigenvalue weighted by Crippen LogP contribution is 2.25. The minimum absolute atomic E-state index is 0.0474. The Morgan fingerprint density at radius 2 is 2.21 bits per heavy atom. The highest BCUT2D eigenvalue weighted by Gasteiger charge is 2.35. The van der Waals surface area contributed by atoms with Gasteiger partial charge in [-0.05, 0) is 32.0 Å². The number of halogens is 1. The van der Waals surface area contributed by atoms with E-state index in [-0.39, 0.29) is 12.4 Å². The summed E-state index contributed by atoms with van der Waals surface area (Å²) in [5.74, 6) is -1.21. The number of hydrogen-bond donors (Lipinski definition) is 2. The molecule has 0 amide bonds. The van der Waals surface area contributed by atoms with Crippen molar-refractivity contribution in [3.8, 4) is 5.75 Å². The van der Waals surface area contributed by atoms with Crippen LogP contribution >= 0.6 is 0 Å². The maximum Gasteiger partial charge on any atom is 0.163 e. The highest BCUT2D eigenvalue weighted by atomic mass is 19.1. The lowest BCUT2D eigenvalue weighted by atomic mass is 10.1. The molecule has 0 aromatic heterocycles. The predicted octanol–water partition coefficient (Wildman–Crippen LogP) is 2.06. The first-order valence-corrected chi connectivity index (χ1v) is 6.04. The second-order valence-electron chi connectivity index (χ2n) is 4.92. The van der Waals surface area contributed by atoms with Crippen LogP contribution in [0.25, 0.3) is 6.08 Å². The fourth-order valence-electron chi connectivity index (χ4n) is 1.87. The number of aromatic hydroxyl groups is 1. The van der Waals surface area contributed by atoms with Crippen LogP contribution in [0.15, 0.2) is 24.3 Å². The van der Waals surface area contributed by atoms with Crippen LogP contribution in [-0.4, -0.2) is 34.8 Å². The number of hydrogen-bond acceptors (Lipinski definition) is 4. The summed E-state index contributed by atoms with van der Waals surface area (Å²) < 4.78 is 23.9. The van der Waals surface area contributed by atoms with Gasteiger partial charge in [0.1, 0.15) is 23.8 Å². The van der Waals surface area contributed by atoms with Gasteiger partial charge in [0.2, 0.25) is 0 Å². The number of phenolic OH excluding ortho intramolecular Hbond substituents is 1. The van der Waals surface area contributed by atoms with E-state index in [0.29, 0.717) is 5.56 Å². The average molecular weight is 268 g/mol. The zero-order valence-electron chi connectivity index (χ0n) is 10.8. The van der Waals surface area contributed by atoms with Crippen LogP contribution in [0.3, 0.4) is 0 Å². The molecular weight excluding hydrogens is 251 g/mol. The molecule has 1 saturated heterocycles. The van der Waals surface area contributed by atoms with Gasteiger partial charge in [0.05, 0.1) is 6.61 Å². The number of benzene rings is 1. The van der Waals surface area contributed by atoms with Gasteiger partial charge in [-0.2, -0.15) is 0 Å². The molecule has 1 aliphatic rings. The van der Waals surface area contributed by atoms with Crippen LogP contribution in [0.2, 0.25) is 0 Å². The molecule has 1 fully saturated rings. The summed E-state index contributed by atoms with van der Waals surface area (Å²) in [7, 11) is 0. The van der Waals surface area contributed by atoms with Gasteiger partial charge in [-0.25, -0.2) is 4.39 Å². The van der Waals surface area contributed by atoms with Crippen molar-refractivity contribution in [3.63, 3.8) is 0 Å². The van der Waals surface area contributed by atoms with Crippen molar-refractivity contribution < 1.29 is 24.1 Å². The lowest BCUT2D eigenvalue weighted by Gasteiger charge is -2.18. The molecule has 0 radical (unpaired) electrons. The third-order valence-electron chi connectivity index (χ3n) is 2.87. The summed E-state index contributed by atoms with van der Waals surface area (Å²) in [6.45, 7) is 3.82. The highest BCUT2D eigenvalue weighted by molar-refractivity contribution is 5.57. The van der Waals surface area contributed by atoms with Crippen molar-refractivity contribution in [1.29, 1.82) is 0 Å². The summed E-state index contributed by atoms with van der Waals surface area (Å²) in [6.07, 6.45) is 1.55. The lowest BCUT2D eigenvalue weighted by Crippen LogP contribution is -2.29. The van der Waals surface area contributed by atoms with Gasteiger partial charge in [0.25, 0.3) is 0 Å². The van der Waals surface area contributed by atoms with E-state index in [0.717, 1.165) is 0 Å². The van der Waals surface area contributed by atoms with Crippen molar-refractivity contribution in [3.05, 3.63) is 35.7 Å². The summed E-state index contributed by atoms with van der Waals surface area (Å²) in [4.78, 5) is 0. The molecule has 2 N–H and O–H groups in total. The first kappa shape index (κ1) is 14.0. The molecule has 0 unspecified atom stereocenters. The van der Waals surface area contributed by atoms with E-state index in [1.807, 2.05) is 0 Å². The number of aliphatic hydroxyl groups is 1. The Labute approximate surface area is 111 Å². The molecular formula is C14H17FO4. The summed E-state index contributed by atoms with van der Waals surface area (Å²) in [6, 6.07) is 3.62. The van der Waals surface area contributed by atoms with Crippen LogP contribution < -0.4 is 0 Å². The molecule has 0 aliphatic carbocycles. The third-order valence-corrected chi connectivity index (χ3v) is 2.87. The Morgan fingerprint density at radius 3 is 2.84 bits per heavy atom. The molecule has 5 heteroatoms. The normalized spacial score (nSPS) is 23.9. The first-order chi connectivity index (χ1) is 8.87. The summed E-state index contributed by atoms with van der Waals surface area (Å²) >= 11 is 0. The van der Waals surface area contributed by atoms with Crippen LogP contribution in [0.5, 0.6) is 5.75 Å². The molecule has 1 aromatic rings.